The van der Waals surface area contributed by atoms with Gasteiger partial charge in [0.05, 0.1) is 16.6 Å². The topological polar surface area (TPSA) is 96.4 Å². The van der Waals surface area contributed by atoms with Crippen LogP contribution in [-0.4, -0.2) is 49.0 Å². The molecule has 0 radical (unpaired) electrons. The van der Waals surface area contributed by atoms with E-state index in [9.17, 15) is 18.0 Å². The third-order valence-electron chi connectivity index (χ3n) is 5.25. The monoisotopic (exact) mass is 429 g/mol. The molecule has 1 unspecified atom stereocenters. The van der Waals surface area contributed by atoms with E-state index in [1.165, 1.54) is 0 Å². The Kier molecular flexibility index (Phi) is 6.87. The number of aromatic nitrogens is 1. The standard InChI is InChI=1S/C22H27N3O4S/c1-16-8-10-19(11-9-16)30(28,29)14-12-21(26)25-13-4-6-18(15-25)22(27)24-20-7-3-5-17(2)23-20/h3,5,7-11,18H,4,6,12-15H2,1-2H3,(H,23,24,27). The number of amides is 2. The second kappa shape index (κ2) is 9.38. The Labute approximate surface area is 177 Å². The van der Waals surface area contributed by atoms with Crippen LogP contribution in [0.25, 0.3) is 0 Å². The molecule has 160 valence electrons. The first kappa shape index (κ1) is 22.0. The highest BCUT2D eigenvalue weighted by atomic mass is 32.2. The first-order valence-electron chi connectivity index (χ1n) is 10.1. The van der Waals surface area contributed by atoms with Crippen molar-refractivity contribution in [2.75, 3.05) is 24.2 Å². The lowest BCUT2D eigenvalue weighted by atomic mass is 9.97. The summed E-state index contributed by atoms with van der Waals surface area (Å²) < 4.78 is 25.0. The third-order valence-corrected chi connectivity index (χ3v) is 6.98. The summed E-state index contributed by atoms with van der Waals surface area (Å²) in [6.07, 6.45) is 1.29. The number of sulfone groups is 1. The van der Waals surface area contributed by atoms with Gasteiger partial charge in [0.1, 0.15) is 5.82 Å². The van der Waals surface area contributed by atoms with E-state index in [2.05, 4.69) is 10.3 Å². The predicted octanol–water partition coefficient (Wildman–Crippen LogP) is 2.74. The molecule has 1 aromatic heterocycles. The lowest BCUT2D eigenvalue weighted by Crippen LogP contribution is -2.44. The van der Waals surface area contributed by atoms with Gasteiger partial charge in [-0.15, -0.1) is 0 Å². The average molecular weight is 430 g/mol. The van der Waals surface area contributed by atoms with Gasteiger partial charge in [0, 0.05) is 25.2 Å². The molecule has 1 aliphatic rings. The summed E-state index contributed by atoms with van der Waals surface area (Å²) in [5, 5.41) is 2.81. The molecule has 0 bridgehead atoms. The molecular weight excluding hydrogens is 402 g/mol. The van der Waals surface area contributed by atoms with Crippen molar-refractivity contribution in [3.8, 4) is 0 Å². The first-order chi connectivity index (χ1) is 14.2. The van der Waals surface area contributed by atoms with Crippen molar-refractivity contribution in [1.82, 2.24) is 9.88 Å². The Bertz CT molecular complexity index is 1020. The van der Waals surface area contributed by atoms with Crippen molar-refractivity contribution in [2.24, 2.45) is 5.92 Å². The van der Waals surface area contributed by atoms with Crippen molar-refractivity contribution < 1.29 is 18.0 Å². The number of anilines is 1. The molecular formula is C22H27N3O4S. The van der Waals surface area contributed by atoms with Crippen molar-refractivity contribution in [2.45, 2.75) is 38.0 Å². The average Bonchev–Trinajstić information content (AvgIpc) is 2.72. The van der Waals surface area contributed by atoms with E-state index >= 15 is 0 Å². The second-order valence-electron chi connectivity index (χ2n) is 7.71. The number of hydrogen-bond acceptors (Lipinski definition) is 5. The third kappa shape index (κ3) is 5.66. The van der Waals surface area contributed by atoms with Gasteiger partial charge in [-0.05, 0) is 51.0 Å². The molecule has 2 aromatic rings. The Balaban J connectivity index is 1.56. The van der Waals surface area contributed by atoms with Crippen LogP contribution in [0.1, 0.15) is 30.5 Å². The smallest absolute Gasteiger partial charge is 0.230 e. The molecule has 2 heterocycles. The number of carbonyl (C=O) groups excluding carboxylic acids is 2. The fourth-order valence-electron chi connectivity index (χ4n) is 3.50. The minimum absolute atomic E-state index is 0.0933. The maximum absolute atomic E-state index is 12.6. The van der Waals surface area contributed by atoms with Crippen LogP contribution in [0.3, 0.4) is 0 Å². The molecule has 8 heteroatoms. The zero-order valence-corrected chi connectivity index (χ0v) is 18.1. The highest BCUT2D eigenvalue weighted by Gasteiger charge is 2.29. The quantitative estimate of drug-likeness (QED) is 0.762. The van der Waals surface area contributed by atoms with Crippen LogP contribution in [0.2, 0.25) is 0 Å². The van der Waals surface area contributed by atoms with Gasteiger partial charge in [-0.1, -0.05) is 23.8 Å². The molecule has 30 heavy (non-hydrogen) atoms. The van der Waals surface area contributed by atoms with Gasteiger partial charge in [0.25, 0.3) is 0 Å². The number of benzene rings is 1. The zero-order valence-electron chi connectivity index (χ0n) is 17.3. The minimum atomic E-state index is -3.52. The van der Waals surface area contributed by atoms with E-state index in [0.717, 1.165) is 11.3 Å². The predicted molar refractivity (Wildman–Crippen MR) is 115 cm³/mol. The van der Waals surface area contributed by atoms with E-state index in [4.69, 9.17) is 0 Å². The number of carbonyl (C=O) groups is 2. The SMILES string of the molecule is Cc1ccc(S(=O)(=O)CCC(=O)N2CCCC(C(=O)Nc3cccc(C)n3)C2)cc1. The summed E-state index contributed by atoms with van der Waals surface area (Å²) in [5.74, 6) is -0.490. The van der Waals surface area contributed by atoms with Crippen molar-refractivity contribution in [3.63, 3.8) is 0 Å². The first-order valence-corrected chi connectivity index (χ1v) is 11.7. The molecule has 1 atom stereocenters. The molecule has 1 N–H and O–H groups in total. The maximum Gasteiger partial charge on any atom is 0.230 e. The molecule has 1 fully saturated rings. The number of aryl methyl sites for hydroxylation is 2. The van der Waals surface area contributed by atoms with Crippen molar-refractivity contribution in [1.29, 1.82) is 0 Å². The van der Waals surface area contributed by atoms with E-state index in [0.29, 0.717) is 31.7 Å². The van der Waals surface area contributed by atoms with Gasteiger partial charge < -0.3 is 10.2 Å². The summed E-state index contributed by atoms with van der Waals surface area (Å²) >= 11 is 0. The number of nitrogens with one attached hydrogen (secondary N) is 1. The number of piperidine rings is 1. The maximum atomic E-state index is 12.6. The Morgan fingerprint density at radius 3 is 2.57 bits per heavy atom. The molecule has 1 aromatic carbocycles. The minimum Gasteiger partial charge on any atom is -0.342 e. The molecule has 1 aliphatic heterocycles. The van der Waals surface area contributed by atoms with Crippen LogP contribution in [0.15, 0.2) is 47.4 Å². The normalized spacial score (nSPS) is 16.9. The molecule has 2 amide bonds. The fraction of sp³-hybridized carbons (Fsp3) is 0.409. The van der Waals surface area contributed by atoms with Crippen LogP contribution in [-0.2, 0) is 19.4 Å². The van der Waals surface area contributed by atoms with Gasteiger partial charge in [-0.25, -0.2) is 13.4 Å². The summed E-state index contributed by atoms with van der Waals surface area (Å²) in [5.41, 5.74) is 1.78. The highest BCUT2D eigenvalue weighted by Crippen LogP contribution is 2.20. The van der Waals surface area contributed by atoms with Crippen LogP contribution >= 0.6 is 0 Å². The Morgan fingerprint density at radius 1 is 1.13 bits per heavy atom. The molecule has 0 saturated carbocycles. The Morgan fingerprint density at radius 2 is 1.87 bits per heavy atom. The Hall–Kier alpha value is -2.74. The van der Waals surface area contributed by atoms with Crippen molar-refractivity contribution in [3.05, 3.63) is 53.7 Å². The number of pyridine rings is 1. The van der Waals surface area contributed by atoms with E-state index in [-0.39, 0.29) is 34.8 Å². The fourth-order valence-corrected chi connectivity index (χ4v) is 4.73. The van der Waals surface area contributed by atoms with Crippen LogP contribution in [0.4, 0.5) is 5.82 Å². The second-order valence-corrected chi connectivity index (χ2v) is 9.82. The van der Waals surface area contributed by atoms with Gasteiger partial charge in [0.2, 0.25) is 11.8 Å². The summed E-state index contributed by atoms with van der Waals surface area (Å²) in [7, 11) is -3.52. The summed E-state index contributed by atoms with van der Waals surface area (Å²) in [6.45, 7) is 4.57. The van der Waals surface area contributed by atoms with E-state index < -0.39 is 9.84 Å². The van der Waals surface area contributed by atoms with Gasteiger partial charge >= 0.3 is 0 Å². The number of rotatable bonds is 6. The molecule has 1 saturated heterocycles. The van der Waals surface area contributed by atoms with Crippen LogP contribution in [0, 0.1) is 19.8 Å². The lowest BCUT2D eigenvalue weighted by molar-refractivity contribution is -0.134. The van der Waals surface area contributed by atoms with Gasteiger partial charge in [0.15, 0.2) is 9.84 Å². The summed E-state index contributed by atoms with van der Waals surface area (Å²) in [6, 6.07) is 12.0. The van der Waals surface area contributed by atoms with E-state index in [1.807, 2.05) is 26.0 Å². The zero-order chi connectivity index (χ0) is 21.7. The summed E-state index contributed by atoms with van der Waals surface area (Å²) in [4.78, 5) is 31.3. The largest absolute Gasteiger partial charge is 0.342 e. The number of hydrogen-bond donors (Lipinski definition) is 1. The molecule has 7 nitrogen and oxygen atoms in total. The van der Waals surface area contributed by atoms with Gasteiger partial charge in [-0.3, -0.25) is 9.59 Å². The van der Waals surface area contributed by atoms with E-state index in [1.54, 1.807) is 35.2 Å². The molecule has 0 aliphatic carbocycles. The lowest BCUT2D eigenvalue weighted by Gasteiger charge is -2.32. The van der Waals surface area contributed by atoms with Crippen LogP contribution < -0.4 is 5.32 Å². The highest BCUT2D eigenvalue weighted by molar-refractivity contribution is 7.91. The number of likely N-dealkylation sites (tertiary alicyclic amines) is 1. The number of nitrogens with zero attached hydrogens (tertiary/aromatic N) is 2. The van der Waals surface area contributed by atoms with Crippen LogP contribution in [0.5, 0.6) is 0 Å². The molecule has 3 rings (SSSR count). The van der Waals surface area contributed by atoms with Crippen molar-refractivity contribution >= 4 is 27.5 Å². The van der Waals surface area contributed by atoms with Gasteiger partial charge in [-0.2, -0.15) is 0 Å². The molecule has 0 spiro atoms.